The molecule has 1 aromatic heterocycles. The standard InChI is InChI=1S/C11H15NO4S/c1-6-7(2)17-5-8(6)10(13)12-9(4-16-3)11(14)15/h5,9H,4H2,1-3H3,(H,12,13)(H,14,15). The molecule has 0 radical (unpaired) electrons. The second-order valence-corrected chi connectivity index (χ2v) is 4.73. The normalized spacial score (nSPS) is 12.2. The second-order valence-electron chi connectivity index (χ2n) is 3.65. The number of nitrogens with one attached hydrogen (secondary N) is 1. The van der Waals surface area contributed by atoms with Gasteiger partial charge in [0.05, 0.1) is 12.2 Å². The van der Waals surface area contributed by atoms with Gasteiger partial charge in [-0.25, -0.2) is 4.79 Å². The first-order valence-corrected chi connectivity index (χ1v) is 5.92. The Kier molecular flexibility index (Phi) is 4.65. The number of thiophene rings is 1. The fraction of sp³-hybridized carbons (Fsp3) is 0.455. The molecule has 2 N–H and O–H groups in total. The number of rotatable bonds is 5. The molecule has 1 rings (SSSR count). The van der Waals surface area contributed by atoms with E-state index in [1.807, 2.05) is 13.8 Å². The first-order chi connectivity index (χ1) is 7.97. The van der Waals surface area contributed by atoms with Crippen molar-refractivity contribution in [2.24, 2.45) is 0 Å². The van der Waals surface area contributed by atoms with Crippen LogP contribution < -0.4 is 5.32 Å². The van der Waals surface area contributed by atoms with Crippen molar-refractivity contribution >= 4 is 23.2 Å². The fourth-order valence-corrected chi connectivity index (χ4v) is 2.18. The summed E-state index contributed by atoms with van der Waals surface area (Å²) < 4.78 is 4.74. The molecule has 1 amide bonds. The summed E-state index contributed by atoms with van der Waals surface area (Å²) in [6.07, 6.45) is 0. The van der Waals surface area contributed by atoms with Crippen molar-refractivity contribution < 1.29 is 19.4 Å². The van der Waals surface area contributed by atoms with Crippen molar-refractivity contribution in [2.45, 2.75) is 19.9 Å². The van der Waals surface area contributed by atoms with Crippen molar-refractivity contribution in [2.75, 3.05) is 13.7 Å². The lowest BCUT2D eigenvalue weighted by molar-refractivity contribution is -0.140. The Morgan fingerprint density at radius 3 is 2.59 bits per heavy atom. The maximum atomic E-state index is 11.8. The Morgan fingerprint density at radius 1 is 1.53 bits per heavy atom. The van der Waals surface area contributed by atoms with E-state index in [9.17, 15) is 9.59 Å². The zero-order valence-corrected chi connectivity index (χ0v) is 10.8. The smallest absolute Gasteiger partial charge is 0.328 e. The molecule has 0 fully saturated rings. The summed E-state index contributed by atoms with van der Waals surface area (Å²) in [4.78, 5) is 23.7. The molecular weight excluding hydrogens is 242 g/mol. The van der Waals surface area contributed by atoms with Gasteiger partial charge in [-0.15, -0.1) is 11.3 Å². The van der Waals surface area contributed by atoms with E-state index in [4.69, 9.17) is 9.84 Å². The van der Waals surface area contributed by atoms with Crippen LogP contribution in [0.4, 0.5) is 0 Å². The minimum atomic E-state index is -1.11. The molecule has 1 unspecified atom stereocenters. The number of carboxylic acid groups (broad SMARTS) is 1. The molecule has 1 atom stereocenters. The van der Waals surface area contributed by atoms with Crippen LogP contribution in [0.2, 0.25) is 0 Å². The number of methoxy groups -OCH3 is 1. The molecule has 94 valence electrons. The van der Waals surface area contributed by atoms with Gasteiger partial charge >= 0.3 is 5.97 Å². The number of amides is 1. The second kappa shape index (κ2) is 5.79. The minimum absolute atomic E-state index is 0.0523. The molecule has 0 aliphatic carbocycles. The highest BCUT2D eigenvalue weighted by molar-refractivity contribution is 7.10. The molecule has 1 aromatic rings. The minimum Gasteiger partial charge on any atom is -0.480 e. The zero-order chi connectivity index (χ0) is 13.0. The number of hydrogen-bond acceptors (Lipinski definition) is 4. The van der Waals surface area contributed by atoms with Crippen LogP contribution >= 0.6 is 11.3 Å². The average molecular weight is 257 g/mol. The lowest BCUT2D eigenvalue weighted by Crippen LogP contribution is -2.43. The predicted octanol–water partition coefficient (Wildman–Crippen LogP) is 1.19. The van der Waals surface area contributed by atoms with Gasteiger partial charge in [-0.1, -0.05) is 0 Å². The number of aliphatic carboxylic acids is 1. The van der Waals surface area contributed by atoms with Crippen LogP contribution in [0, 0.1) is 13.8 Å². The van der Waals surface area contributed by atoms with Crippen LogP contribution in [0.15, 0.2) is 5.38 Å². The number of carbonyl (C=O) groups excluding carboxylic acids is 1. The number of carbonyl (C=O) groups is 2. The third kappa shape index (κ3) is 3.28. The number of carboxylic acids is 1. The highest BCUT2D eigenvalue weighted by Crippen LogP contribution is 2.20. The largest absolute Gasteiger partial charge is 0.480 e. The summed E-state index contributed by atoms with van der Waals surface area (Å²) in [5.41, 5.74) is 1.41. The van der Waals surface area contributed by atoms with Gasteiger partial charge in [0.1, 0.15) is 0 Å². The van der Waals surface area contributed by atoms with Gasteiger partial charge < -0.3 is 15.2 Å². The van der Waals surface area contributed by atoms with Crippen LogP contribution in [0.1, 0.15) is 20.8 Å². The van der Waals surface area contributed by atoms with E-state index in [0.717, 1.165) is 10.4 Å². The summed E-state index contributed by atoms with van der Waals surface area (Å²) in [6.45, 7) is 3.71. The first-order valence-electron chi connectivity index (χ1n) is 5.04. The molecule has 1 heterocycles. The van der Waals surface area contributed by atoms with Gasteiger partial charge in [-0.3, -0.25) is 4.79 Å². The van der Waals surface area contributed by atoms with Crippen LogP contribution in [0.5, 0.6) is 0 Å². The van der Waals surface area contributed by atoms with Gasteiger partial charge in [0.15, 0.2) is 6.04 Å². The molecule has 0 aliphatic rings. The highest BCUT2D eigenvalue weighted by Gasteiger charge is 2.22. The monoisotopic (exact) mass is 257 g/mol. The summed E-state index contributed by atoms with van der Waals surface area (Å²) in [5, 5.41) is 13.0. The molecule has 5 nitrogen and oxygen atoms in total. The molecule has 0 bridgehead atoms. The lowest BCUT2D eigenvalue weighted by atomic mass is 10.1. The molecule has 6 heteroatoms. The Labute approximate surface area is 103 Å². The van der Waals surface area contributed by atoms with Crippen molar-refractivity contribution in [1.82, 2.24) is 5.32 Å². The van der Waals surface area contributed by atoms with Crippen LogP contribution in [0.3, 0.4) is 0 Å². The third-order valence-corrected chi connectivity index (χ3v) is 3.48. The number of ether oxygens (including phenoxy) is 1. The highest BCUT2D eigenvalue weighted by atomic mass is 32.1. The predicted molar refractivity (Wildman–Crippen MR) is 64.6 cm³/mol. The zero-order valence-electron chi connectivity index (χ0n) is 9.94. The van der Waals surface area contributed by atoms with Crippen molar-refractivity contribution in [1.29, 1.82) is 0 Å². The molecule has 0 spiro atoms. The lowest BCUT2D eigenvalue weighted by Gasteiger charge is -2.13. The third-order valence-electron chi connectivity index (χ3n) is 2.47. The van der Waals surface area contributed by atoms with E-state index >= 15 is 0 Å². The Hall–Kier alpha value is -1.40. The number of hydrogen-bond donors (Lipinski definition) is 2. The van der Waals surface area contributed by atoms with E-state index in [0.29, 0.717) is 5.56 Å². The van der Waals surface area contributed by atoms with Crippen LogP contribution in [0.25, 0.3) is 0 Å². The van der Waals surface area contributed by atoms with Gasteiger partial charge in [-0.2, -0.15) is 0 Å². The Balaban J connectivity index is 2.77. The topological polar surface area (TPSA) is 75.6 Å². The summed E-state index contributed by atoms with van der Waals surface area (Å²) >= 11 is 1.47. The van der Waals surface area contributed by atoms with E-state index in [2.05, 4.69) is 5.32 Å². The van der Waals surface area contributed by atoms with Gasteiger partial charge in [0, 0.05) is 17.4 Å². The maximum Gasteiger partial charge on any atom is 0.328 e. The van der Waals surface area contributed by atoms with Crippen molar-refractivity contribution in [3.8, 4) is 0 Å². The van der Waals surface area contributed by atoms with E-state index in [-0.39, 0.29) is 12.5 Å². The van der Waals surface area contributed by atoms with Crippen LogP contribution in [-0.4, -0.2) is 36.7 Å². The Morgan fingerprint density at radius 2 is 2.18 bits per heavy atom. The van der Waals surface area contributed by atoms with Crippen LogP contribution in [-0.2, 0) is 9.53 Å². The average Bonchev–Trinajstić information content (AvgIpc) is 2.59. The molecule has 17 heavy (non-hydrogen) atoms. The Bertz CT molecular complexity index is 427. The molecule has 0 aliphatic heterocycles. The fourth-order valence-electron chi connectivity index (χ4n) is 1.31. The summed E-state index contributed by atoms with van der Waals surface area (Å²) in [7, 11) is 1.39. The van der Waals surface area contributed by atoms with E-state index in [1.54, 1.807) is 5.38 Å². The number of aryl methyl sites for hydroxylation is 1. The molecule has 0 saturated carbocycles. The van der Waals surface area contributed by atoms with E-state index < -0.39 is 12.0 Å². The van der Waals surface area contributed by atoms with Gasteiger partial charge in [0.2, 0.25) is 0 Å². The van der Waals surface area contributed by atoms with E-state index in [1.165, 1.54) is 18.4 Å². The molecular formula is C11H15NO4S. The quantitative estimate of drug-likeness (QED) is 0.831. The summed E-state index contributed by atoms with van der Waals surface area (Å²) in [5.74, 6) is -1.49. The van der Waals surface area contributed by atoms with Gasteiger partial charge in [0.25, 0.3) is 5.91 Å². The molecule has 0 aromatic carbocycles. The maximum absolute atomic E-state index is 11.8. The van der Waals surface area contributed by atoms with Crippen molar-refractivity contribution in [3.63, 3.8) is 0 Å². The van der Waals surface area contributed by atoms with Crippen molar-refractivity contribution in [3.05, 3.63) is 21.4 Å². The SMILES string of the molecule is COCC(NC(=O)c1csc(C)c1C)C(=O)O. The summed E-state index contributed by atoms with van der Waals surface area (Å²) in [6, 6.07) is -1.02. The molecule has 0 saturated heterocycles. The van der Waals surface area contributed by atoms with Gasteiger partial charge in [-0.05, 0) is 19.4 Å². The first kappa shape index (κ1) is 13.7.